The molecule has 92 valence electrons. The molecule has 1 aromatic rings. The molecule has 0 fully saturated rings. The number of carbonyl (C=O) groups is 2. The highest BCUT2D eigenvalue weighted by molar-refractivity contribution is 5.96. The topological polar surface area (TPSA) is 72.2 Å². The van der Waals surface area contributed by atoms with Crippen molar-refractivity contribution in [3.63, 3.8) is 0 Å². The van der Waals surface area contributed by atoms with Gasteiger partial charge in [-0.3, -0.25) is 9.59 Å². The fourth-order valence-corrected chi connectivity index (χ4v) is 1.47. The molecule has 1 atom stereocenters. The maximum absolute atomic E-state index is 11.6. The molecule has 0 heterocycles. The van der Waals surface area contributed by atoms with E-state index in [1.54, 1.807) is 24.3 Å². The molecule has 4 heteroatoms. The van der Waals surface area contributed by atoms with Gasteiger partial charge in [0.25, 0.3) is 0 Å². The molecular formula is C13H18N2O2. The third kappa shape index (κ3) is 4.00. The fraction of sp³-hybridized carbons (Fsp3) is 0.385. The Labute approximate surface area is 101 Å². The van der Waals surface area contributed by atoms with E-state index in [0.29, 0.717) is 17.7 Å². The van der Waals surface area contributed by atoms with Gasteiger partial charge in [-0.15, -0.1) is 0 Å². The number of amides is 1. The molecule has 1 aromatic carbocycles. The molecule has 0 aliphatic carbocycles. The number of ketones is 1. The van der Waals surface area contributed by atoms with Crippen LogP contribution in [0.2, 0.25) is 0 Å². The standard InChI is InChI=1S/C13H18N2O2/c1-3-4-12(14)13(17)15-11-7-5-10(6-8-11)9(2)16/h5-8,12H,3-4,14H2,1-2H3,(H,15,17). The molecule has 17 heavy (non-hydrogen) atoms. The third-order valence-electron chi connectivity index (χ3n) is 2.50. The Balaban J connectivity index is 2.63. The Bertz CT molecular complexity index is 398. The van der Waals surface area contributed by atoms with Gasteiger partial charge in [0.2, 0.25) is 5.91 Å². The molecular weight excluding hydrogens is 216 g/mol. The second-order valence-electron chi connectivity index (χ2n) is 4.02. The maximum Gasteiger partial charge on any atom is 0.241 e. The molecule has 0 spiro atoms. The molecule has 0 aromatic heterocycles. The molecule has 1 unspecified atom stereocenters. The normalized spacial score (nSPS) is 11.9. The Hall–Kier alpha value is -1.68. The highest BCUT2D eigenvalue weighted by Crippen LogP contribution is 2.10. The van der Waals surface area contributed by atoms with Crippen molar-refractivity contribution in [2.45, 2.75) is 32.7 Å². The summed E-state index contributed by atoms with van der Waals surface area (Å²) < 4.78 is 0. The van der Waals surface area contributed by atoms with Crippen LogP contribution in [0.3, 0.4) is 0 Å². The lowest BCUT2D eigenvalue weighted by Crippen LogP contribution is -2.35. The summed E-state index contributed by atoms with van der Waals surface area (Å²) in [7, 11) is 0. The predicted octanol–water partition coefficient (Wildman–Crippen LogP) is 1.96. The van der Waals surface area contributed by atoms with Gasteiger partial charge in [0, 0.05) is 11.3 Å². The molecule has 0 saturated heterocycles. The molecule has 0 aliphatic heterocycles. The summed E-state index contributed by atoms with van der Waals surface area (Å²) in [4.78, 5) is 22.7. The van der Waals surface area contributed by atoms with E-state index >= 15 is 0 Å². The van der Waals surface area contributed by atoms with Gasteiger partial charge >= 0.3 is 0 Å². The van der Waals surface area contributed by atoms with Crippen molar-refractivity contribution in [2.75, 3.05) is 5.32 Å². The number of anilines is 1. The highest BCUT2D eigenvalue weighted by atomic mass is 16.2. The fourth-order valence-electron chi connectivity index (χ4n) is 1.47. The summed E-state index contributed by atoms with van der Waals surface area (Å²) in [5, 5.41) is 2.72. The average molecular weight is 234 g/mol. The first-order valence-electron chi connectivity index (χ1n) is 5.72. The van der Waals surface area contributed by atoms with Crippen LogP contribution in [0.25, 0.3) is 0 Å². The summed E-state index contributed by atoms with van der Waals surface area (Å²) >= 11 is 0. The molecule has 0 saturated carbocycles. The van der Waals surface area contributed by atoms with E-state index in [4.69, 9.17) is 5.73 Å². The lowest BCUT2D eigenvalue weighted by molar-refractivity contribution is -0.117. The monoisotopic (exact) mass is 234 g/mol. The summed E-state index contributed by atoms with van der Waals surface area (Å²) in [6, 6.07) is 6.29. The Kier molecular flexibility index (Phi) is 4.84. The second kappa shape index (κ2) is 6.15. The number of nitrogens with one attached hydrogen (secondary N) is 1. The summed E-state index contributed by atoms with van der Waals surface area (Å²) in [5.41, 5.74) is 6.97. The van der Waals surface area contributed by atoms with Crippen molar-refractivity contribution in [2.24, 2.45) is 5.73 Å². The lowest BCUT2D eigenvalue weighted by Gasteiger charge is -2.11. The van der Waals surface area contributed by atoms with Gasteiger partial charge in [-0.1, -0.05) is 13.3 Å². The minimum atomic E-state index is -0.479. The summed E-state index contributed by atoms with van der Waals surface area (Å²) in [6.45, 7) is 3.49. The van der Waals surface area contributed by atoms with Gasteiger partial charge in [0.05, 0.1) is 6.04 Å². The van der Waals surface area contributed by atoms with Gasteiger partial charge in [-0.25, -0.2) is 0 Å². The van der Waals surface area contributed by atoms with Crippen LogP contribution in [-0.4, -0.2) is 17.7 Å². The first kappa shape index (κ1) is 13.4. The van der Waals surface area contributed by atoms with Gasteiger partial charge in [-0.2, -0.15) is 0 Å². The third-order valence-corrected chi connectivity index (χ3v) is 2.50. The molecule has 3 N–H and O–H groups in total. The molecule has 0 bridgehead atoms. The van der Waals surface area contributed by atoms with Crippen LogP contribution < -0.4 is 11.1 Å². The van der Waals surface area contributed by atoms with Gasteiger partial charge < -0.3 is 11.1 Å². The largest absolute Gasteiger partial charge is 0.325 e. The average Bonchev–Trinajstić information content (AvgIpc) is 2.30. The van der Waals surface area contributed by atoms with E-state index in [-0.39, 0.29) is 11.7 Å². The van der Waals surface area contributed by atoms with Gasteiger partial charge in [0.1, 0.15) is 0 Å². The minimum Gasteiger partial charge on any atom is -0.325 e. The number of benzene rings is 1. The van der Waals surface area contributed by atoms with E-state index in [9.17, 15) is 9.59 Å². The number of Topliss-reactive ketones (excluding diaryl/α,β-unsaturated/α-hetero) is 1. The number of hydrogen-bond acceptors (Lipinski definition) is 3. The Morgan fingerprint density at radius 1 is 1.29 bits per heavy atom. The Morgan fingerprint density at radius 2 is 1.88 bits per heavy atom. The molecule has 1 amide bonds. The van der Waals surface area contributed by atoms with Crippen LogP contribution in [0.4, 0.5) is 5.69 Å². The predicted molar refractivity (Wildman–Crippen MR) is 68.0 cm³/mol. The number of hydrogen-bond donors (Lipinski definition) is 2. The molecule has 4 nitrogen and oxygen atoms in total. The lowest BCUT2D eigenvalue weighted by atomic mass is 10.1. The van der Waals surface area contributed by atoms with E-state index in [1.807, 2.05) is 6.92 Å². The van der Waals surface area contributed by atoms with Crippen molar-refractivity contribution in [1.82, 2.24) is 0 Å². The highest BCUT2D eigenvalue weighted by Gasteiger charge is 2.12. The van der Waals surface area contributed by atoms with Crippen LogP contribution in [0, 0.1) is 0 Å². The smallest absolute Gasteiger partial charge is 0.241 e. The van der Waals surface area contributed by atoms with Crippen LogP contribution in [0.15, 0.2) is 24.3 Å². The van der Waals surface area contributed by atoms with E-state index < -0.39 is 6.04 Å². The quantitative estimate of drug-likeness (QED) is 0.765. The minimum absolute atomic E-state index is 0.00515. The van der Waals surface area contributed by atoms with Gasteiger partial charge in [-0.05, 0) is 37.6 Å². The van der Waals surface area contributed by atoms with Crippen molar-refractivity contribution >= 4 is 17.4 Å². The van der Waals surface area contributed by atoms with E-state index in [2.05, 4.69) is 5.32 Å². The Morgan fingerprint density at radius 3 is 2.35 bits per heavy atom. The van der Waals surface area contributed by atoms with Crippen molar-refractivity contribution in [3.8, 4) is 0 Å². The van der Waals surface area contributed by atoms with Crippen molar-refractivity contribution in [1.29, 1.82) is 0 Å². The maximum atomic E-state index is 11.6. The summed E-state index contributed by atoms with van der Waals surface area (Å²) in [5.74, 6) is -0.187. The summed E-state index contributed by atoms with van der Waals surface area (Å²) in [6.07, 6.45) is 1.54. The van der Waals surface area contributed by atoms with E-state index in [1.165, 1.54) is 6.92 Å². The second-order valence-corrected chi connectivity index (χ2v) is 4.02. The van der Waals surface area contributed by atoms with Crippen molar-refractivity contribution < 1.29 is 9.59 Å². The first-order chi connectivity index (χ1) is 8.04. The molecule has 0 radical (unpaired) electrons. The van der Waals surface area contributed by atoms with Crippen LogP contribution in [0.1, 0.15) is 37.0 Å². The van der Waals surface area contributed by atoms with E-state index in [0.717, 1.165) is 6.42 Å². The molecule has 0 aliphatic rings. The van der Waals surface area contributed by atoms with Crippen LogP contribution >= 0.6 is 0 Å². The van der Waals surface area contributed by atoms with Gasteiger partial charge in [0.15, 0.2) is 5.78 Å². The number of nitrogens with two attached hydrogens (primary N) is 1. The zero-order valence-electron chi connectivity index (χ0n) is 10.2. The number of rotatable bonds is 5. The first-order valence-corrected chi connectivity index (χ1v) is 5.72. The number of carbonyl (C=O) groups excluding carboxylic acids is 2. The van der Waals surface area contributed by atoms with Crippen molar-refractivity contribution in [3.05, 3.63) is 29.8 Å². The SMILES string of the molecule is CCCC(N)C(=O)Nc1ccc(C(C)=O)cc1. The zero-order chi connectivity index (χ0) is 12.8. The molecule has 1 rings (SSSR count). The van der Waals surface area contributed by atoms with Crippen LogP contribution in [0.5, 0.6) is 0 Å². The van der Waals surface area contributed by atoms with Crippen LogP contribution in [-0.2, 0) is 4.79 Å². The zero-order valence-corrected chi connectivity index (χ0v) is 10.2.